The number of benzene rings is 2. The number of halogens is 2. The van der Waals surface area contributed by atoms with Crippen molar-refractivity contribution in [1.82, 2.24) is 9.78 Å². The van der Waals surface area contributed by atoms with Crippen LogP contribution in [0.3, 0.4) is 0 Å². The van der Waals surface area contributed by atoms with Crippen LogP contribution in [-0.4, -0.2) is 21.6 Å². The van der Waals surface area contributed by atoms with E-state index in [0.29, 0.717) is 32.7 Å². The Labute approximate surface area is 176 Å². The van der Waals surface area contributed by atoms with E-state index in [0.717, 1.165) is 5.56 Å². The molecule has 2 aliphatic heterocycles. The Balaban J connectivity index is 1.68. The summed E-state index contributed by atoms with van der Waals surface area (Å²) in [6, 6.07) is 12.5. The van der Waals surface area contributed by atoms with Gasteiger partial charge in [-0.2, -0.15) is 5.10 Å². The normalized spacial score (nSPS) is 20.8. The molecule has 8 heteroatoms. The Bertz CT molecular complexity index is 1170. The van der Waals surface area contributed by atoms with Gasteiger partial charge in [0.15, 0.2) is 0 Å². The van der Waals surface area contributed by atoms with E-state index in [-0.39, 0.29) is 24.3 Å². The van der Waals surface area contributed by atoms with E-state index >= 15 is 0 Å². The zero-order valence-electron chi connectivity index (χ0n) is 15.4. The average molecular weight is 427 g/mol. The summed E-state index contributed by atoms with van der Waals surface area (Å²) in [6.45, 7) is 1.98. The van der Waals surface area contributed by atoms with Crippen molar-refractivity contribution in [2.75, 3.05) is 10.6 Å². The number of hydrogen-bond acceptors (Lipinski definition) is 3. The summed E-state index contributed by atoms with van der Waals surface area (Å²) in [7, 11) is 0. The second-order valence-electron chi connectivity index (χ2n) is 7.35. The molecule has 3 aromatic rings. The van der Waals surface area contributed by atoms with Crippen LogP contribution in [0, 0.1) is 0 Å². The first-order valence-corrected chi connectivity index (χ1v) is 9.90. The molecule has 1 spiro atoms. The third-order valence-electron chi connectivity index (χ3n) is 5.74. The molecule has 2 aromatic carbocycles. The van der Waals surface area contributed by atoms with Crippen LogP contribution in [0.25, 0.3) is 0 Å². The summed E-state index contributed by atoms with van der Waals surface area (Å²) in [6.07, 6.45) is 1.66. The lowest BCUT2D eigenvalue weighted by Crippen LogP contribution is -2.43. The van der Waals surface area contributed by atoms with Gasteiger partial charge < -0.3 is 10.6 Å². The van der Waals surface area contributed by atoms with Gasteiger partial charge in [0.1, 0.15) is 11.2 Å². The lowest BCUT2D eigenvalue weighted by atomic mass is 9.72. The lowest BCUT2D eigenvalue weighted by molar-refractivity contribution is -0.125. The Morgan fingerprint density at radius 3 is 2.52 bits per heavy atom. The van der Waals surface area contributed by atoms with Gasteiger partial charge in [0, 0.05) is 27.7 Å². The molecule has 2 aliphatic rings. The highest BCUT2D eigenvalue weighted by molar-refractivity contribution is 6.31. The first-order chi connectivity index (χ1) is 13.9. The Morgan fingerprint density at radius 1 is 1.03 bits per heavy atom. The summed E-state index contributed by atoms with van der Waals surface area (Å²) >= 11 is 12.2. The number of rotatable bonds is 2. The van der Waals surface area contributed by atoms with Crippen molar-refractivity contribution in [3.8, 4) is 0 Å². The molecule has 2 N–H and O–H groups in total. The van der Waals surface area contributed by atoms with E-state index in [4.69, 9.17) is 23.2 Å². The van der Waals surface area contributed by atoms with Gasteiger partial charge in [0.2, 0.25) is 11.8 Å². The molecule has 1 aromatic heterocycles. The van der Waals surface area contributed by atoms with Crippen LogP contribution in [-0.2, 0) is 15.0 Å². The molecular formula is C21H16Cl2N4O2. The highest BCUT2D eigenvalue weighted by atomic mass is 35.5. The number of fused-ring (bicyclic) bond motifs is 4. The predicted molar refractivity (Wildman–Crippen MR) is 112 cm³/mol. The maximum absolute atomic E-state index is 13.1. The average Bonchev–Trinajstić information content (AvgIpc) is 3.22. The maximum atomic E-state index is 13.1. The zero-order valence-corrected chi connectivity index (χ0v) is 16.9. The summed E-state index contributed by atoms with van der Waals surface area (Å²) in [5.41, 5.74) is 1.86. The number of aromatic nitrogens is 2. The number of nitrogens with zero attached hydrogens (tertiary/aromatic N) is 2. The second-order valence-corrected chi connectivity index (χ2v) is 8.23. The van der Waals surface area contributed by atoms with Gasteiger partial charge in [-0.25, -0.2) is 4.68 Å². The van der Waals surface area contributed by atoms with Crippen molar-refractivity contribution < 1.29 is 9.59 Å². The Morgan fingerprint density at radius 2 is 1.76 bits per heavy atom. The summed E-state index contributed by atoms with van der Waals surface area (Å²) < 4.78 is 1.73. The van der Waals surface area contributed by atoms with E-state index in [1.807, 2.05) is 31.2 Å². The van der Waals surface area contributed by atoms with Gasteiger partial charge >= 0.3 is 0 Å². The van der Waals surface area contributed by atoms with Gasteiger partial charge in [0.25, 0.3) is 0 Å². The van der Waals surface area contributed by atoms with Crippen LogP contribution in [0.1, 0.15) is 36.1 Å². The number of hydrogen-bond donors (Lipinski definition) is 2. The molecule has 1 unspecified atom stereocenters. The minimum absolute atomic E-state index is 0.000193. The zero-order chi connectivity index (χ0) is 20.3. The topological polar surface area (TPSA) is 76.0 Å². The van der Waals surface area contributed by atoms with Crippen LogP contribution in [0.15, 0.2) is 48.7 Å². The second kappa shape index (κ2) is 6.34. The molecule has 2 atom stereocenters. The number of carbonyl (C=O) groups excluding carboxylic acids is 2. The predicted octanol–water partition coefficient (Wildman–Crippen LogP) is 4.38. The van der Waals surface area contributed by atoms with Gasteiger partial charge in [0.05, 0.1) is 12.2 Å². The summed E-state index contributed by atoms with van der Waals surface area (Å²) in [5, 5.41) is 11.5. The third-order valence-corrected chi connectivity index (χ3v) is 6.22. The fourth-order valence-electron chi connectivity index (χ4n) is 4.26. The summed E-state index contributed by atoms with van der Waals surface area (Å²) in [5.74, 6) is 0.0294. The van der Waals surface area contributed by atoms with Crippen LogP contribution >= 0.6 is 23.2 Å². The number of amides is 2. The van der Waals surface area contributed by atoms with Crippen LogP contribution < -0.4 is 10.6 Å². The summed E-state index contributed by atoms with van der Waals surface area (Å²) in [4.78, 5) is 25.8. The van der Waals surface area contributed by atoms with Crippen molar-refractivity contribution in [3.63, 3.8) is 0 Å². The Kier molecular flexibility index (Phi) is 3.98. The van der Waals surface area contributed by atoms with E-state index < -0.39 is 5.41 Å². The van der Waals surface area contributed by atoms with Crippen LogP contribution in [0.4, 0.5) is 11.5 Å². The largest absolute Gasteiger partial charge is 0.325 e. The number of nitrogens with one attached hydrogen (secondary N) is 2. The molecule has 0 saturated carbocycles. The molecule has 0 radical (unpaired) electrons. The van der Waals surface area contributed by atoms with Gasteiger partial charge in [-0.1, -0.05) is 35.3 Å². The molecule has 6 nitrogen and oxygen atoms in total. The molecular weight excluding hydrogens is 411 g/mol. The smallest absolute Gasteiger partial charge is 0.240 e. The molecule has 0 fully saturated rings. The molecule has 2 amide bonds. The van der Waals surface area contributed by atoms with Crippen molar-refractivity contribution in [2.24, 2.45) is 0 Å². The molecule has 3 heterocycles. The highest BCUT2D eigenvalue weighted by Crippen LogP contribution is 2.50. The molecule has 0 aliphatic carbocycles. The van der Waals surface area contributed by atoms with E-state index in [1.54, 1.807) is 29.1 Å². The minimum Gasteiger partial charge on any atom is -0.325 e. The van der Waals surface area contributed by atoms with Crippen LogP contribution in [0.5, 0.6) is 0 Å². The van der Waals surface area contributed by atoms with E-state index in [1.165, 1.54) is 0 Å². The van der Waals surface area contributed by atoms with Gasteiger partial charge in [-0.15, -0.1) is 0 Å². The quantitative estimate of drug-likeness (QED) is 0.638. The fourth-order valence-corrected chi connectivity index (χ4v) is 4.56. The van der Waals surface area contributed by atoms with E-state index in [9.17, 15) is 9.59 Å². The molecule has 29 heavy (non-hydrogen) atoms. The van der Waals surface area contributed by atoms with Crippen molar-refractivity contribution in [1.29, 1.82) is 0 Å². The van der Waals surface area contributed by atoms with Crippen LogP contribution in [0.2, 0.25) is 10.0 Å². The number of carbonyl (C=O) groups is 2. The lowest BCUT2D eigenvalue weighted by Gasteiger charge is -2.32. The standard InChI is InChI=1S/C21H16Cl2N4O2/c1-11(12-2-4-13(22)5-3-12)27-19-16(10-24-27)21(9-18(28)26-19)15-8-14(23)6-7-17(15)25-20(21)29/h2-8,10-11H,9H2,1H3,(H,25,29)(H,26,28)/t11?,21-/m0/s1. The molecule has 0 saturated heterocycles. The third kappa shape index (κ3) is 2.59. The van der Waals surface area contributed by atoms with Crippen molar-refractivity contribution >= 4 is 46.5 Å². The first-order valence-electron chi connectivity index (χ1n) is 9.15. The van der Waals surface area contributed by atoms with Crippen molar-refractivity contribution in [2.45, 2.75) is 24.8 Å². The highest BCUT2D eigenvalue weighted by Gasteiger charge is 2.54. The fraction of sp³-hybridized carbons (Fsp3) is 0.190. The van der Waals surface area contributed by atoms with Crippen molar-refractivity contribution in [3.05, 3.63) is 75.4 Å². The molecule has 146 valence electrons. The monoisotopic (exact) mass is 426 g/mol. The van der Waals surface area contributed by atoms with Gasteiger partial charge in [-0.05, 0) is 48.4 Å². The van der Waals surface area contributed by atoms with E-state index in [2.05, 4.69) is 15.7 Å². The minimum atomic E-state index is -1.14. The first kappa shape index (κ1) is 18.2. The SMILES string of the molecule is CC(c1ccc(Cl)cc1)n1ncc2c1NC(=O)C[C@@]21C(=O)Nc2ccc(Cl)cc21. The molecule has 5 rings (SSSR count). The number of anilines is 2. The Hall–Kier alpha value is -2.83. The maximum Gasteiger partial charge on any atom is 0.240 e. The van der Waals surface area contributed by atoms with Gasteiger partial charge in [-0.3, -0.25) is 9.59 Å². The molecule has 0 bridgehead atoms.